The Labute approximate surface area is 172 Å². The van der Waals surface area contributed by atoms with Gasteiger partial charge in [0.2, 0.25) is 0 Å². The Bertz CT molecular complexity index is 547. The number of anilines is 1. The van der Waals surface area contributed by atoms with Gasteiger partial charge in [-0.05, 0) is 59.0 Å². The minimum atomic E-state index is 0.840. The maximum absolute atomic E-state index is 4.77. The fourth-order valence-electron chi connectivity index (χ4n) is 3.56. The van der Waals surface area contributed by atoms with Crippen LogP contribution in [0.25, 0.3) is 0 Å². The van der Waals surface area contributed by atoms with E-state index in [9.17, 15) is 0 Å². The summed E-state index contributed by atoms with van der Waals surface area (Å²) in [6, 6.07) is 10.6. The van der Waals surface area contributed by atoms with Gasteiger partial charge in [-0.15, -0.1) is 0 Å². The molecule has 1 fully saturated rings. The summed E-state index contributed by atoms with van der Waals surface area (Å²) in [6.07, 6.45) is 2.32. The zero-order valence-electron chi connectivity index (χ0n) is 18.2. The van der Waals surface area contributed by atoms with Crippen molar-refractivity contribution in [2.45, 2.75) is 26.7 Å². The third kappa shape index (κ3) is 8.48. The molecule has 0 aliphatic carbocycles. The van der Waals surface area contributed by atoms with Crippen molar-refractivity contribution >= 4 is 11.6 Å². The smallest absolute Gasteiger partial charge is 0.191 e. The van der Waals surface area contributed by atoms with Crippen LogP contribution in [0.5, 0.6) is 0 Å². The number of benzene rings is 1. The van der Waals surface area contributed by atoms with Crippen LogP contribution in [0, 0.1) is 0 Å². The molecule has 1 aromatic carbocycles. The molecule has 6 nitrogen and oxygen atoms in total. The van der Waals surface area contributed by atoms with Crippen LogP contribution in [0.3, 0.4) is 0 Å². The van der Waals surface area contributed by atoms with Gasteiger partial charge in [-0.25, -0.2) is 0 Å². The molecule has 1 aliphatic rings. The normalized spacial score (nSPS) is 16.6. The van der Waals surface area contributed by atoms with E-state index >= 15 is 0 Å². The summed E-state index contributed by atoms with van der Waals surface area (Å²) in [5, 5.41) is 6.88. The predicted molar refractivity (Wildman–Crippen MR) is 121 cm³/mol. The summed E-state index contributed by atoms with van der Waals surface area (Å²) in [6.45, 7) is 14.9. The van der Waals surface area contributed by atoms with Crippen LogP contribution in [0.4, 0.5) is 5.69 Å². The molecular weight excluding hydrogens is 348 g/mol. The lowest BCUT2D eigenvalue weighted by atomic mass is 10.2. The molecule has 0 bridgehead atoms. The van der Waals surface area contributed by atoms with E-state index in [0.29, 0.717) is 0 Å². The highest BCUT2D eigenvalue weighted by atomic mass is 15.2. The van der Waals surface area contributed by atoms with Crippen molar-refractivity contribution in [2.75, 3.05) is 77.4 Å². The number of nitrogens with one attached hydrogen (secondary N) is 2. The van der Waals surface area contributed by atoms with Crippen LogP contribution in [0.1, 0.15) is 26.7 Å². The fraction of sp³-hybridized carbons (Fsp3) is 0.682. The molecule has 2 rings (SSSR count). The van der Waals surface area contributed by atoms with Crippen LogP contribution in [0.15, 0.2) is 35.3 Å². The summed E-state index contributed by atoms with van der Waals surface area (Å²) in [5.41, 5.74) is 1.29. The Morgan fingerprint density at radius 2 is 1.89 bits per heavy atom. The van der Waals surface area contributed by atoms with E-state index in [1.165, 1.54) is 31.7 Å². The van der Waals surface area contributed by atoms with Crippen LogP contribution >= 0.6 is 0 Å². The SMILES string of the molecule is CCNC(=NCCCN(CC)c1ccccc1)NCCN1CCCN(C)CC1. The van der Waals surface area contributed by atoms with E-state index in [0.717, 1.165) is 58.2 Å². The van der Waals surface area contributed by atoms with Crippen molar-refractivity contribution in [2.24, 2.45) is 4.99 Å². The van der Waals surface area contributed by atoms with Crippen LogP contribution in [0.2, 0.25) is 0 Å². The first kappa shape index (κ1) is 22.5. The molecule has 1 aliphatic heterocycles. The third-order valence-electron chi connectivity index (χ3n) is 5.24. The van der Waals surface area contributed by atoms with Gasteiger partial charge < -0.3 is 25.3 Å². The highest BCUT2D eigenvalue weighted by Gasteiger charge is 2.11. The van der Waals surface area contributed by atoms with E-state index in [2.05, 4.69) is 76.6 Å². The Morgan fingerprint density at radius 1 is 1.07 bits per heavy atom. The quantitative estimate of drug-likeness (QED) is 0.365. The Hall–Kier alpha value is -1.79. The summed E-state index contributed by atoms with van der Waals surface area (Å²) >= 11 is 0. The van der Waals surface area contributed by atoms with Gasteiger partial charge in [0.1, 0.15) is 0 Å². The first-order valence-electron chi connectivity index (χ1n) is 11.0. The number of hydrogen-bond donors (Lipinski definition) is 2. The van der Waals surface area contributed by atoms with Gasteiger partial charge in [0.15, 0.2) is 5.96 Å². The van der Waals surface area contributed by atoms with E-state index in [4.69, 9.17) is 4.99 Å². The average molecular weight is 389 g/mol. The number of likely N-dealkylation sites (N-methyl/N-ethyl adjacent to an activating group) is 1. The first-order chi connectivity index (χ1) is 13.7. The van der Waals surface area contributed by atoms with Gasteiger partial charge in [0.05, 0.1) is 0 Å². The number of para-hydroxylation sites is 1. The molecule has 2 N–H and O–H groups in total. The number of hydrogen-bond acceptors (Lipinski definition) is 4. The Morgan fingerprint density at radius 3 is 2.64 bits per heavy atom. The molecule has 158 valence electrons. The number of aliphatic imine (C=N–C) groups is 1. The van der Waals surface area contributed by atoms with Crippen LogP contribution in [-0.2, 0) is 0 Å². The molecule has 0 amide bonds. The van der Waals surface area contributed by atoms with E-state index < -0.39 is 0 Å². The number of nitrogens with zero attached hydrogens (tertiary/aromatic N) is 4. The predicted octanol–water partition coefficient (Wildman–Crippen LogP) is 2.10. The topological polar surface area (TPSA) is 46.1 Å². The van der Waals surface area contributed by atoms with E-state index in [-0.39, 0.29) is 0 Å². The lowest BCUT2D eigenvalue weighted by Crippen LogP contribution is -2.42. The van der Waals surface area contributed by atoms with Crippen LogP contribution in [-0.4, -0.2) is 88.3 Å². The molecule has 6 heteroatoms. The standard InChI is InChI=1S/C22H40N6/c1-4-23-22(25-14-18-27-16-10-15-26(3)19-20-27)24-13-9-17-28(5-2)21-11-7-6-8-12-21/h6-8,11-12H,4-5,9-10,13-20H2,1-3H3,(H2,23,24,25). The number of guanidine groups is 1. The number of rotatable bonds is 10. The van der Waals surface area contributed by atoms with Crippen LogP contribution < -0.4 is 15.5 Å². The van der Waals surface area contributed by atoms with Crippen molar-refractivity contribution in [1.82, 2.24) is 20.4 Å². The fourth-order valence-corrected chi connectivity index (χ4v) is 3.56. The molecule has 1 heterocycles. The molecule has 0 atom stereocenters. The summed E-state index contributed by atoms with van der Waals surface area (Å²) in [7, 11) is 2.22. The maximum Gasteiger partial charge on any atom is 0.191 e. The molecule has 1 aromatic rings. The van der Waals surface area contributed by atoms with Gasteiger partial charge >= 0.3 is 0 Å². The monoisotopic (exact) mass is 388 g/mol. The molecule has 0 unspecified atom stereocenters. The zero-order valence-corrected chi connectivity index (χ0v) is 18.2. The van der Waals surface area contributed by atoms with Gasteiger partial charge in [-0.3, -0.25) is 4.99 Å². The van der Waals surface area contributed by atoms with Gasteiger partial charge in [-0.1, -0.05) is 18.2 Å². The second kappa shape index (κ2) is 13.4. The highest BCUT2D eigenvalue weighted by molar-refractivity contribution is 5.79. The van der Waals surface area contributed by atoms with Gasteiger partial charge in [-0.2, -0.15) is 0 Å². The molecule has 0 spiro atoms. The van der Waals surface area contributed by atoms with Crippen molar-refractivity contribution in [3.8, 4) is 0 Å². The van der Waals surface area contributed by atoms with E-state index in [1.807, 2.05) is 0 Å². The average Bonchev–Trinajstić information content (AvgIpc) is 2.93. The van der Waals surface area contributed by atoms with E-state index in [1.54, 1.807) is 0 Å². The molecule has 0 saturated carbocycles. The second-order valence-corrected chi connectivity index (χ2v) is 7.45. The van der Waals surface area contributed by atoms with Crippen molar-refractivity contribution < 1.29 is 0 Å². The Kier molecular flexibility index (Phi) is 10.8. The third-order valence-corrected chi connectivity index (χ3v) is 5.24. The largest absolute Gasteiger partial charge is 0.372 e. The molecule has 1 saturated heterocycles. The minimum Gasteiger partial charge on any atom is -0.372 e. The van der Waals surface area contributed by atoms with Gasteiger partial charge in [0, 0.05) is 58.0 Å². The summed E-state index contributed by atoms with van der Waals surface area (Å²) in [5.74, 6) is 0.942. The minimum absolute atomic E-state index is 0.840. The second-order valence-electron chi connectivity index (χ2n) is 7.45. The molecule has 28 heavy (non-hydrogen) atoms. The Balaban J connectivity index is 1.70. The van der Waals surface area contributed by atoms with Crippen molar-refractivity contribution in [3.05, 3.63) is 30.3 Å². The van der Waals surface area contributed by atoms with Crippen molar-refractivity contribution in [3.63, 3.8) is 0 Å². The molecular formula is C22H40N6. The summed E-state index contributed by atoms with van der Waals surface area (Å²) in [4.78, 5) is 12.2. The first-order valence-corrected chi connectivity index (χ1v) is 11.0. The molecule has 0 radical (unpaired) electrons. The lowest BCUT2D eigenvalue weighted by molar-refractivity contribution is 0.280. The zero-order chi connectivity index (χ0) is 20.0. The molecule has 0 aromatic heterocycles. The maximum atomic E-state index is 4.77. The summed E-state index contributed by atoms with van der Waals surface area (Å²) < 4.78 is 0. The van der Waals surface area contributed by atoms with Crippen molar-refractivity contribution in [1.29, 1.82) is 0 Å². The highest BCUT2D eigenvalue weighted by Crippen LogP contribution is 2.12. The lowest BCUT2D eigenvalue weighted by Gasteiger charge is -2.23. The van der Waals surface area contributed by atoms with Gasteiger partial charge in [0.25, 0.3) is 0 Å².